The first-order valence-corrected chi connectivity index (χ1v) is 9.47. The summed E-state index contributed by atoms with van der Waals surface area (Å²) in [5, 5.41) is 14.2. The van der Waals surface area contributed by atoms with Gasteiger partial charge in [0.2, 0.25) is 0 Å². The largest absolute Gasteiger partial charge is 0.372 e. The Bertz CT molecular complexity index is 875. The van der Waals surface area contributed by atoms with Crippen LogP contribution < -0.4 is 15.5 Å². The molecular weight excluding hydrogens is 350 g/mol. The molecular formula is C22H25N5O. The molecule has 0 saturated carbocycles. The van der Waals surface area contributed by atoms with Crippen molar-refractivity contribution in [2.24, 2.45) is 0 Å². The first-order valence-electron chi connectivity index (χ1n) is 9.47. The van der Waals surface area contributed by atoms with E-state index in [0.717, 1.165) is 30.0 Å². The van der Waals surface area contributed by atoms with E-state index in [1.165, 1.54) is 0 Å². The van der Waals surface area contributed by atoms with Gasteiger partial charge in [0, 0.05) is 31.0 Å². The van der Waals surface area contributed by atoms with Gasteiger partial charge in [0.1, 0.15) is 5.82 Å². The van der Waals surface area contributed by atoms with Crippen molar-refractivity contribution >= 4 is 23.1 Å². The van der Waals surface area contributed by atoms with Crippen LogP contribution in [0.2, 0.25) is 0 Å². The Kier molecular flexibility index (Phi) is 6.57. The van der Waals surface area contributed by atoms with Gasteiger partial charge < -0.3 is 15.5 Å². The van der Waals surface area contributed by atoms with Gasteiger partial charge in [-0.25, -0.2) is 0 Å². The second-order valence-electron chi connectivity index (χ2n) is 6.32. The highest BCUT2D eigenvalue weighted by molar-refractivity contribution is 6.02. The molecule has 3 rings (SSSR count). The van der Waals surface area contributed by atoms with E-state index in [-0.39, 0.29) is 11.6 Å². The van der Waals surface area contributed by atoms with E-state index in [2.05, 4.69) is 39.6 Å². The predicted molar refractivity (Wildman–Crippen MR) is 114 cm³/mol. The van der Waals surface area contributed by atoms with E-state index in [9.17, 15) is 4.79 Å². The molecule has 2 N–H and O–H groups in total. The Morgan fingerprint density at radius 1 is 0.893 bits per heavy atom. The molecule has 2 aromatic carbocycles. The quantitative estimate of drug-likeness (QED) is 0.618. The van der Waals surface area contributed by atoms with Gasteiger partial charge in [0.25, 0.3) is 5.91 Å². The lowest BCUT2D eigenvalue weighted by molar-refractivity contribution is 0.102. The molecule has 144 valence electrons. The summed E-state index contributed by atoms with van der Waals surface area (Å²) in [7, 11) is 0. The Morgan fingerprint density at radius 3 is 2.21 bits per heavy atom. The summed E-state index contributed by atoms with van der Waals surface area (Å²) in [4.78, 5) is 14.6. The molecule has 3 aromatic rings. The highest BCUT2D eigenvalue weighted by atomic mass is 16.1. The zero-order chi connectivity index (χ0) is 19.8. The fourth-order valence-electron chi connectivity index (χ4n) is 2.88. The van der Waals surface area contributed by atoms with E-state index in [1.54, 1.807) is 12.1 Å². The molecule has 0 unspecified atom stereocenters. The molecule has 0 radical (unpaired) electrons. The van der Waals surface area contributed by atoms with Crippen molar-refractivity contribution in [1.82, 2.24) is 10.2 Å². The number of aromatic nitrogens is 2. The topological polar surface area (TPSA) is 70.2 Å². The van der Waals surface area contributed by atoms with Crippen molar-refractivity contribution in [3.05, 3.63) is 78.0 Å². The van der Waals surface area contributed by atoms with Crippen LogP contribution in [-0.4, -0.2) is 29.2 Å². The molecule has 6 heteroatoms. The molecule has 6 nitrogen and oxygen atoms in total. The van der Waals surface area contributed by atoms with Crippen molar-refractivity contribution in [1.29, 1.82) is 0 Å². The molecule has 0 aliphatic rings. The predicted octanol–water partition coefficient (Wildman–Crippen LogP) is 4.19. The normalized spacial score (nSPS) is 10.4. The molecule has 0 fully saturated rings. The smallest absolute Gasteiger partial charge is 0.276 e. The number of carbonyl (C=O) groups is 1. The van der Waals surface area contributed by atoms with Crippen molar-refractivity contribution in [3.8, 4) is 0 Å². The number of hydrogen-bond donors (Lipinski definition) is 2. The van der Waals surface area contributed by atoms with Crippen LogP contribution in [0.15, 0.2) is 66.7 Å². The first-order chi connectivity index (χ1) is 13.7. The van der Waals surface area contributed by atoms with Crippen LogP contribution in [0.5, 0.6) is 0 Å². The third-order valence-corrected chi connectivity index (χ3v) is 4.47. The van der Waals surface area contributed by atoms with E-state index in [4.69, 9.17) is 0 Å². The Balaban J connectivity index is 1.57. The van der Waals surface area contributed by atoms with Gasteiger partial charge in [0.15, 0.2) is 5.69 Å². The van der Waals surface area contributed by atoms with Crippen LogP contribution in [0.25, 0.3) is 0 Å². The minimum Gasteiger partial charge on any atom is -0.372 e. The molecule has 0 spiro atoms. The Labute approximate surface area is 165 Å². The zero-order valence-electron chi connectivity index (χ0n) is 16.2. The molecule has 0 atom stereocenters. The SMILES string of the molecule is CCN(CC)c1ccc(NC(=O)c2ccc(NCc3ccccc3)nn2)cc1. The van der Waals surface area contributed by atoms with Crippen molar-refractivity contribution in [2.45, 2.75) is 20.4 Å². The average molecular weight is 375 g/mol. The third kappa shape index (κ3) is 5.07. The number of amides is 1. The fourth-order valence-corrected chi connectivity index (χ4v) is 2.88. The highest BCUT2D eigenvalue weighted by Crippen LogP contribution is 2.18. The monoisotopic (exact) mass is 375 g/mol. The zero-order valence-corrected chi connectivity index (χ0v) is 16.2. The summed E-state index contributed by atoms with van der Waals surface area (Å²) in [6, 6.07) is 21.3. The van der Waals surface area contributed by atoms with Crippen molar-refractivity contribution in [3.63, 3.8) is 0 Å². The number of rotatable bonds is 8. The third-order valence-electron chi connectivity index (χ3n) is 4.47. The maximum absolute atomic E-state index is 12.4. The van der Waals surface area contributed by atoms with Gasteiger partial charge >= 0.3 is 0 Å². The summed E-state index contributed by atoms with van der Waals surface area (Å²) in [5.74, 6) is 0.349. The molecule has 0 saturated heterocycles. The maximum Gasteiger partial charge on any atom is 0.276 e. The molecule has 28 heavy (non-hydrogen) atoms. The lowest BCUT2D eigenvalue weighted by Crippen LogP contribution is -2.21. The van der Waals surface area contributed by atoms with Crippen LogP contribution >= 0.6 is 0 Å². The second kappa shape index (κ2) is 9.50. The molecule has 0 aliphatic heterocycles. The number of carbonyl (C=O) groups excluding carboxylic acids is 1. The summed E-state index contributed by atoms with van der Waals surface area (Å²) < 4.78 is 0. The summed E-state index contributed by atoms with van der Waals surface area (Å²) in [5.41, 5.74) is 3.29. The van der Waals surface area contributed by atoms with Gasteiger partial charge in [-0.3, -0.25) is 4.79 Å². The Hall–Kier alpha value is -3.41. The molecule has 0 aliphatic carbocycles. The number of nitrogens with zero attached hydrogens (tertiary/aromatic N) is 3. The van der Waals surface area contributed by atoms with E-state index in [1.807, 2.05) is 54.6 Å². The molecule has 0 bridgehead atoms. The fraction of sp³-hybridized carbons (Fsp3) is 0.227. The van der Waals surface area contributed by atoms with Gasteiger partial charge in [-0.1, -0.05) is 30.3 Å². The number of hydrogen-bond acceptors (Lipinski definition) is 5. The van der Waals surface area contributed by atoms with E-state index >= 15 is 0 Å². The van der Waals surface area contributed by atoms with Crippen LogP contribution in [0.4, 0.5) is 17.2 Å². The minimum absolute atomic E-state index is 0.276. The lowest BCUT2D eigenvalue weighted by atomic mass is 10.2. The lowest BCUT2D eigenvalue weighted by Gasteiger charge is -2.21. The molecule has 1 aromatic heterocycles. The summed E-state index contributed by atoms with van der Waals surface area (Å²) in [6.45, 7) is 6.79. The van der Waals surface area contributed by atoms with Gasteiger partial charge in [-0.05, 0) is 55.8 Å². The van der Waals surface area contributed by atoms with E-state index in [0.29, 0.717) is 12.4 Å². The molecule has 1 amide bonds. The van der Waals surface area contributed by atoms with Gasteiger partial charge in [-0.15, -0.1) is 10.2 Å². The van der Waals surface area contributed by atoms with Crippen LogP contribution in [0.3, 0.4) is 0 Å². The van der Waals surface area contributed by atoms with Crippen molar-refractivity contribution in [2.75, 3.05) is 28.6 Å². The van der Waals surface area contributed by atoms with Crippen LogP contribution in [-0.2, 0) is 6.54 Å². The van der Waals surface area contributed by atoms with Crippen molar-refractivity contribution < 1.29 is 4.79 Å². The standard InChI is InChI=1S/C22H25N5O/c1-3-27(4-2)19-12-10-18(11-13-19)24-22(28)20-14-15-21(26-25-20)23-16-17-8-6-5-7-9-17/h5-15H,3-4,16H2,1-2H3,(H,23,26)(H,24,28). The number of nitrogens with one attached hydrogen (secondary N) is 2. The number of anilines is 3. The van der Waals surface area contributed by atoms with Gasteiger partial charge in [-0.2, -0.15) is 0 Å². The average Bonchev–Trinajstić information content (AvgIpc) is 2.75. The minimum atomic E-state index is -0.280. The molecule has 1 heterocycles. The first kappa shape index (κ1) is 19.4. The number of benzene rings is 2. The Morgan fingerprint density at radius 2 is 1.61 bits per heavy atom. The summed E-state index contributed by atoms with van der Waals surface area (Å²) >= 11 is 0. The second-order valence-corrected chi connectivity index (χ2v) is 6.32. The van der Waals surface area contributed by atoms with Gasteiger partial charge in [0.05, 0.1) is 0 Å². The highest BCUT2D eigenvalue weighted by Gasteiger charge is 2.09. The summed E-state index contributed by atoms with van der Waals surface area (Å²) in [6.07, 6.45) is 0. The van der Waals surface area contributed by atoms with E-state index < -0.39 is 0 Å². The van der Waals surface area contributed by atoms with Crippen LogP contribution in [0.1, 0.15) is 29.9 Å². The maximum atomic E-state index is 12.4. The van der Waals surface area contributed by atoms with Crippen LogP contribution in [0, 0.1) is 0 Å².